The van der Waals surface area contributed by atoms with E-state index in [2.05, 4.69) is 9.62 Å². The first-order valence-corrected chi connectivity index (χ1v) is 10.2. The normalized spacial score (nSPS) is 18.1. The molecule has 24 heavy (non-hydrogen) atoms. The van der Waals surface area contributed by atoms with Crippen LogP contribution in [0, 0.1) is 12.8 Å². The van der Waals surface area contributed by atoms with E-state index in [1.54, 1.807) is 13.2 Å². The summed E-state index contributed by atoms with van der Waals surface area (Å²) in [7, 11) is -1.73. The molecule has 2 heterocycles. The van der Waals surface area contributed by atoms with Crippen molar-refractivity contribution in [1.82, 2.24) is 4.72 Å². The van der Waals surface area contributed by atoms with Crippen molar-refractivity contribution in [2.45, 2.75) is 17.6 Å². The van der Waals surface area contributed by atoms with Gasteiger partial charge >= 0.3 is 0 Å². The van der Waals surface area contributed by atoms with Crippen LogP contribution in [0.1, 0.15) is 11.3 Å². The Labute approximate surface area is 147 Å². The topological polar surface area (TPSA) is 58.6 Å². The minimum absolute atomic E-state index is 0.297. The van der Waals surface area contributed by atoms with E-state index < -0.39 is 10.0 Å². The van der Waals surface area contributed by atoms with Crippen molar-refractivity contribution < 1.29 is 13.2 Å². The van der Waals surface area contributed by atoms with Crippen LogP contribution >= 0.6 is 11.3 Å². The van der Waals surface area contributed by atoms with Gasteiger partial charge in [-0.1, -0.05) is 12.1 Å². The van der Waals surface area contributed by atoms with Crippen LogP contribution in [0.4, 0.5) is 5.69 Å². The number of benzene rings is 1. The number of aryl methyl sites for hydroxylation is 1. The Morgan fingerprint density at radius 2 is 2.08 bits per heavy atom. The van der Waals surface area contributed by atoms with Crippen LogP contribution in [0.5, 0.6) is 5.75 Å². The summed E-state index contributed by atoms with van der Waals surface area (Å²) < 4.78 is 33.2. The molecule has 1 unspecified atom stereocenters. The first-order valence-electron chi connectivity index (χ1n) is 7.93. The summed E-state index contributed by atoms with van der Waals surface area (Å²) >= 11 is 1.30. The molecule has 1 aromatic carbocycles. The number of nitrogens with zero attached hydrogens (tertiary/aromatic N) is 1. The molecule has 5 nitrogen and oxygen atoms in total. The van der Waals surface area contributed by atoms with Crippen LogP contribution in [0.2, 0.25) is 0 Å². The molecule has 1 saturated heterocycles. The number of hydrogen-bond donors (Lipinski definition) is 1. The van der Waals surface area contributed by atoms with E-state index in [1.807, 2.05) is 37.3 Å². The van der Waals surface area contributed by atoms with E-state index in [9.17, 15) is 8.42 Å². The smallest absolute Gasteiger partial charge is 0.250 e. The summed E-state index contributed by atoms with van der Waals surface area (Å²) in [4.78, 5) is 3.26. The third-order valence-corrected chi connectivity index (χ3v) is 7.17. The molecule has 0 bridgehead atoms. The predicted octanol–water partition coefficient (Wildman–Crippen LogP) is 2.87. The molecule has 0 aliphatic carbocycles. The average molecular weight is 367 g/mol. The third-order valence-electron chi connectivity index (χ3n) is 4.25. The first-order chi connectivity index (χ1) is 11.5. The fourth-order valence-electron chi connectivity index (χ4n) is 2.96. The van der Waals surface area contributed by atoms with Crippen molar-refractivity contribution in [2.24, 2.45) is 5.92 Å². The first kappa shape index (κ1) is 17.3. The summed E-state index contributed by atoms with van der Waals surface area (Å²) in [6.07, 6.45) is 0.962. The lowest BCUT2D eigenvalue weighted by Crippen LogP contribution is -2.30. The summed E-state index contributed by atoms with van der Waals surface area (Å²) in [6.45, 7) is 4.11. The highest BCUT2D eigenvalue weighted by Crippen LogP contribution is 2.32. The number of rotatable bonds is 6. The Kier molecular flexibility index (Phi) is 5.12. The zero-order valence-electron chi connectivity index (χ0n) is 13.9. The SMILES string of the molecule is COc1ccccc1N1CCC(CNS(=O)(=O)c2ccc(C)s2)C1. The molecule has 1 aromatic heterocycles. The number of para-hydroxylation sites is 2. The van der Waals surface area contributed by atoms with E-state index in [4.69, 9.17) is 4.74 Å². The average Bonchev–Trinajstić information content (AvgIpc) is 3.22. The van der Waals surface area contributed by atoms with Crippen molar-refractivity contribution in [1.29, 1.82) is 0 Å². The molecule has 0 amide bonds. The fraction of sp³-hybridized carbons (Fsp3) is 0.412. The molecule has 1 aliphatic rings. The van der Waals surface area contributed by atoms with E-state index >= 15 is 0 Å². The fourth-order valence-corrected chi connectivity index (χ4v) is 5.41. The molecule has 0 saturated carbocycles. The van der Waals surface area contributed by atoms with Gasteiger partial charge in [-0.3, -0.25) is 0 Å². The summed E-state index contributed by atoms with van der Waals surface area (Å²) in [5.74, 6) is 1.15. The highest BCUT2D eigenvalue weighted by Gasteiger charge is 2.26. The predicted molar refractivity (Wildman–Crippen MR) is 97.6 cm³/mol. The molecule has 3 rings (SSSR count). The van der Waals surface area contributed by atoms with Gasteiger partial charge in [0, 0.05) is 24.5 Å². The van der Waals surface area contributed by atoms with Crippen molar-refractivity contribution in [3.63, 3.8) is 0 Å². The second kappa shape index (κ2) is 7.13. The highest BCUT2D eigenvalue weighted by molar-refractivity contribution is 7.91. The van der Waals surface area contributed by atoms with E-state index in [0.29, 0.717) is 16.7 Å². The summed E-state index contributed by atoms with van der Waals surface area (Å²) in [6, 6.07) is 11.4. The van der Waals surface area contributed by atoms with E-state index in [0.717, 1.165) is 35.8 Å². The third kappa shape index (κ3) is 3.74. The maximum atomic E-state index is 12.3. The van der Waals surface area contributed by atoms with Gasteiger partial charge in [0.05, 0.1) is 12.8 Å². The Hall–Kier alpha value is -1.57. The van der Waals surface area contributed by atoms with Gasteiger partial charge in [0.15, 0.2) is 0 Å². The Morgan fingerprint density at radius 1 is 1.29 bits per heavy atom. The Balaban J connectivity index is 1.60. The lowest BCUT2D eigenvalue weighted by atomic mass is 10.1. The van der Waals surface area contributed by atoms with Gasteiger partial charge in [0.2, 0.25) is 10.0 Å². The van der Waals surface area contributed by atoms with E-state index in [1.165, 1.54) is 11.3 Å². The van der Waals surface area contributed by atoms with Gasteiger partial charge in [-0.25, -0.2) is 13.1 Å². The number of anilines is 1. The quantitative estimate of drug-likeness (QED) is 0.854. The minimum Gasteiger partial charge on any atom is -0.495 e. The van der Waals surface area contributed by atoms with Gasteiger partial charge in [-0.15, -0.1) is 11.3 Å². The number of methoxy groups -OCH3 is 1. The number of thiophene rings is 1. The molecule has 1 atom stereocenters. The van der Waals surface area contributed by atoms with Gasteiger partial charge in [0.1, 0.15) is 9.96 Å². The van der Waals surface area contributed by atoms with Gasteiger partial charge in [-0.2, -0.15) is 0 Å². The summed E-state index contributed by atoms with van der Waals surface area (Å²) in [5, 5.41) is 0. The Morgan fingerprint density at radius 3 is 2.79 bits per heavy atom. The lowest BCUT2D eigenvalue weighted by Gasteiger charge is -2.21. The maximum absolute atomic E-state index is 12.3. The number of ether oxygens (including phenoxy) is 1. The van der Waals surface area contributed by atoms with Crippen LogP contribution in [-0.4, -0.2) is 35.2 Å². The monoisotopic (exact) mass is 366 g/mol. The van der Waals surface area contributed by atoms with Crippen LogP contribution in [-0.2, 0) is 10.0 Å². The standard InChI is InChI=1S/C17H22N2O3S2/c1-13-7-8-17(23-13)24(20,21)18-11-14-9-10-19(12-14)15-5-3-4-6-16(15)22-2/h3-8,14,18H,9-12H2,1-2H3. The van der Waals surface area contributed by atoms with Gasteiger partial charge in [-0.05, 0) is 43.5 Å². The van der Waals surface area contributed by atoms with Crippen molar-refractivity contribution in [2.75, 3.05) is 31.6 Å². The van der Waals surface area contributed by atoms with Crippen molar-refractivity contribution >= 4 is 27.0 Å². The van der Waals surface area contributed by atoms with Crippen LogP contribution in [0.15, 0.2) is 40.6 Å². The second-order valence-corrected chi connectivity index (χ2v) is 9.27. The minimum atomic E-state index is -3.40. The second-order valence-electron chi connectivity index (χ2n) is 5.99. The molecule has 1 aliphatic heterocycles. The lowest BCUT2D eigenvalue weighted by molar-refractivity contribution is 0.414. The molecule has 130 valence electrons. The Bertz CT molecular complexity index is 802. The molecule has 1 fully saturated rings. The van der Waals surface area contributed by atoms with Gasteiger partial charge in [0.25, 0.3) is 0 Å². The van der Waals surface area contributed by atoms with Gasteiger partial charge < -0.3 is 9.64 Å². The zero-order chi connectivity index (χ0) is 17.2. The number of nitrogens with one attached hydrogen (secondary N) is 1. The molecule has 7 heteroatoms. The highest BCUT2D eigenvalue weighted by atomic mass is 32.2. The summed E-state index contributed by atoms with van der Waals surface area (Å²) in [5.41, 5.74) is 1.07. The maximum Gasteiger partial charge on any atom is 0.250 e. The molecular weight excluding hydrogens is 344 g/mol. The molecule has 0 spiro atoms. The van der Waals surface area contributed by atoms with Crippen LogP contribution in [0.25, 0.3) is 0 Å². The molecular formula is C17H22N2O3S2. The number of hydrogen-bond acceptors (Lipinski definition) is 5. The van der Waals surface area contributed by atoms with Crippen LogP contribution in [0.3, 0.4) is 0 Å². The van der Waals surface area contributed by atoms with Crippen molar-refractivity contribution in [3.8, 4) is 5.75 Å². The van der Waals surface area contributed by atoms with E-state index in [-0.39, 0.29) is 0 Å². The molecule has 0 radical (unpaired) electrons. The van der Waals surface area contributed by atoms with Crippen LogP contribution < -0.4 is 14.4 Å². The van der Waals surface area contributed by atoms with Crippen molar-refractivity contribution in [3.05, 3.63) is 41.3 Å². The zero-order valence-corrected chi connectivity index (χ0v) is 15.5. The number of sulfonamides is 1. The largest absolute Gasteiger partial charge is 0.495 e. The molecule has 1 N–H and O–H groups in total. The molecule has 2 aromatic rings.